The van der Waals surface area contributed by atoms with Crippen LogP contribution < -0.4 is 15.0 Å². The number of benzene rings is 3. The van der Waals surface area contributed by atoms with Crippen molar-refractivity contribution in [1.29, 1.82) is 0 Å². The first kappa shape index (κ1) is 29.8. The van der Waals surface area contributed by atoms with Crippen LogP contribution in [-0.2, 0) is 4.79 Å². The minimum absolute atomic E-state index is 0. The van der Waals surface area contributed by atoms with Gasteiger partial charge in [-0.3, -0.25) is 14.4 Å². The van der Waals surface area contributed by atoms with Crippen LogP contribution in [0.4, 0.5) is 15.8 Å². The molecule has 0 unspecified atom stereocenters. The number of nitrogens with zero attached hydrogens (tertiary/aromatic N) is 2. The van der Waals surface area contributed by atoms with E-state index in [1.165, 1.54) is 19.1 Å². The first-order valence-electron chi connectivity index (χ1n) is 12.7. The third kappa shape index (κ3) is 7.88. The highest BCUT2D eigenvalue weighted by Gasteiger charge is 2.27. The highest BCUT2D eigenvalue weighted by Crippen LogP contribution is 2.25. The van der Waals surface area contributed by atoms with E-state index in [1.807, 2.05) is 24.3 Å². The summed E-state index contributed by atoms with van der Waals surface area (Å²) < 4.78 is 18.6. The maximum absolute atomic E-state index is 13.6. The van der Waals surface area contributed by atoms with Crippen molar-refractivity contribution >= 4 is 41.4 Å². The highest BCUT2D eigenvalue weighted by atomic mass is 35.5. The van der Waals surface area contributed by atoms with Gasteiger partial charge in [-0.05, 0) is 86.6 Å². The van der Waals surface area contributed by atoms with Crippen molar-refractivity contribution in [3.63, 3.8) is 0 Å². The predicted molar refractivity (Wildman–Crippen MR) is 153 cm³/mol. The second-order valence-electron chi connectivity index (χ2n) is 9.40. The van der Waals surface area contributed by atoms with E-state index in [1.54, 1.807) is 48.4 Å². The average Bonchev–Trinajstić information content (AvgIpc) is 2.93. The van der Waals surface area contributed by atoms with E-state index in [-0.39, 0.29) is 41.7 Å². The van der Waals surface area contributed by atoms with Crippen molar-refractivity contribution in [2.75, 3.05) is 43.5 Å². The monoisotopic (exact) mass is 553 g/mol. The number of methoxy groups -OCH3 is 1. The van der Waals surface area contributed by atoms with Gasteiger partial charge >= 0.3 is 0 Å². The van der Waals surface area contributed by atoms with E-state index in [0.717, 1.165) is 18.8 Å². The van der Waals surface area contributed by atoms with Crippen molar-refractivity contribution < 1.29 is 23.5 Å². The molecule has 9 heteroatoms. The summed E-state index contributed by atoms with van der Waals surface area (Å²) in [4.78, 5) is 41.7. The molecule has 1 saturated heterocycles. The smallest absolute Gasteiger partial charge is 0.258 e. The number of hydrogen-bond donors (Lipinski definition) is 1. The van der Waals surface area contributed by atoms with Gasteiger partial charge in [-0.2, -0.15) is 0 Å². The first-order chi connectivity index (χ1) is 18.3. The Morgan fingerprint density at radius 1 is 0.974 bits per heavy atom. The third-order valence-electron chi connectivity index (χ3n) is 6.79. The Kier molecular flexibility index (Phi) is 10.6. The maximum Gasteiger partial charge on any atom is 0.258 e. The number of rotatable bonds is 9. The molecule has 0 radical (unpaired) electrons. The van der Waals surface area contributed by atoms with Gasteiger partial charge in [0.05, 0.1) is 7.11 Å². The van der Waals surface area contributed by atoms with Gasteiger partial charge in [0.25, 0.3) is 5.91 Å². The minimum Gasteiger partial charge on any atom is -0.497 e. The van der Waals surface area contributed by atoms with E-state index in [2.05, 4.69) is 10.2 Å². The van der Waals surface area contributed by atoms with E-state index in [9.17, 15) is 18.8 Å². The molecule has 1 aliphatic heterocycles. The lowest BCUT2D eigenvalue weighted by Crippen LogP contribution is -2.42. The maximum atomic E-state index is 13.6. The molecule has 1 heterocycles. The number of ether oxygens (including phenoxy) is 1. The Morgan fingerprint density at radius 2 is 1.62 bits per heavy atom. The number of carbonyl (C=O) groups excluding carboxylic acids is 3. The highest BCUT2D eigenvalue weighted by molar-refractivity contribution is 6.06. The summed E-state index contributed by atoms with van der Waals surface area (Å²) in [5.74, 6) is -0.0636. The molecular weight excluding hydrogens is 521 g/mol. The second kappa shape index (κ2) is 13.9. The second-order valence-corrected chi connectivity index (χ2v) is 9.40. The summed E-state index contributed by atoms with van der Waals surface area (Å²) in [6.07, 6.45) is 1.43. The molecule has 0 aromatic heterocycles. The summed E-state index contributed by atoms with van der Waals surface area (Å²) in [7, 11) is 1.59. The Hall–Kier alpha value is -3.75. The number of likely N-dealkylation sites (tertiary alicyclic amines) is 1. The molecule has 0 atom stereocenters. The molecule has 1 aliphatic rings. The number of halogens is 2. The van der Waals surface area contributed by atoms with Crippen LogP contribution in [0.15, 0.2) is 72.8 Å². The van der Waals surface area contributed by atoms with E-state index >= 15 is 0 Å². The van der Waals surface area contributed by atoms with Crippen LogP contribution in [0.1, 0.15) is 40.5 Å². The molecule has 3 aromatic rings. The zero-order chi connectivity index (χ0) is 27.1. The number of carbonyl (C=O) groups is 3. The Bertz CT molecular complexity index is 1280. The van der Waals surface area contributed by atoms with Crippen LogP contribution in [0.3, 0.4) is 0 Å². The van der Waals surface area contributed by atoms with Gasteiger partial charge in [0, 0.05) is 54.5 Å². The molecule has 0 aliphatic carbocycles. The topological polar surface area (TPSA) is 79.0 Å². The van der Waals surface area contributed by atoms with Gasteiger partial charge in [0.1, 0.15) is 11.6 Å². The summed E-state index contributed by atoms with van der Waals surface area (Å²) in [5.41, 5.74) is 2.40. The SMILES string of the molecule is COc1cccc(N(CCN2CCC(C(=O)c3ccc(F)cc3)CC2)C(=O)c2ccc(NC(C)=O)cc2)c1.Cl. The van der Waals surface area contributed by atoms with Crippen LogP contribution in [-0.4, -0.2) is 55.8 Å². The minimum atomic E-state index is -0.352. The zero-order valence-corrected chi connectivity index (χ0v) is 22.9. The number of anilines is 2. The molecule has 0 bridgehead atoms. The fourth-order valence-corrected chi connectivity index (χ4v) is 4.69. The number of amides is 2. The predicted octanol–water partition coefficient (Wildman–Crippen LogP) is 5.46. The van der Waals surface area contributed by atoms with Crippen LogP contribution in [0, 0.1) is 11.7 Å². The molecule has 206 valence electrons. The summed E-state index contributed by atoms with van der Waals surface area (Å²) >= 11 is 0. The van der Waals surface area contributed by atoms with Gasteiger partial charge in [0.2, 0.25) is 5.91 Å². The Labute approximate surface area is 234 Å². The molecule has 1 fully saturated rings. The zero-order valence-electron chi connectivity index (χ0n) is 22.1. The van der Waals surface area contributed by atoms with Gasteiger partial charge in [-0.1, -0.05) is 6.07 Å². The summed E-state index contributed by atoms with van der Waals surface area (Å²) in [5, 5.41) is 2.71. The Morgan fingerprint density at radius 3 is 2.23 bits per heavy atom. The summed E-state index contributed by atoms with van der Waals surface area (Å²) in [6.45, 7) is 4.01. The molecule has 0 spiro atoms. The molecule has 0 saturated carbocycles. The fraction of sp³-hybridized carbons (Fsp3) is 0.300. The van der Waals surface area contributed by atoms with Crippen LogP contribution >= 0.6 is 12.4 Å². The number of hydrogen-bond acceptors (Lipinski definition) is 5. The van der Waals surface area contributed by atoms with Crippen molar-refractivity contribution in [3.8, 4) is 5.75 Å². The van der Waals surface area contributed by atoms with Crippen LogP contribution in [0.2, 0.25) is 0 Å². The van der Waals surface area contributed by atoms with E-state index < -0.39 is 0 Å². The van der Waals surface area contributed by atoms with Gasteiger partial charge in [0.15, 0.2) is 5.78 Å². The number of piperidine rings is 1. The standard InChI is InChI=1S/C30H32FN3O4.ClH/c1-21(35)32-26-12-8-24(9-13-26)30(37)34(27-4-3-5-28(20-27)38-2)19-18-33-16-14-23(15-17-33)29(36)22-6-10-25(31)11-7-22;/h3-13,20,23H,14-19H2,1-2H3,(H,32,35);1H. The molecule has 39 heavy (non-hydrogen) atoms. The molecule has 4 rings (SSSR count). The quantitative estimate of drug-likeness (QED) is 0.356. The third-order valence-corrected chi connectivity index (χ3v) is 6.79. The first-order valence-corrected chi connectivity index (χ1v) is 12.7. The molecule has 3 aromatic carbocycles. The van der Waals surface area contributed by atoms with Crippen molar-refractivity contribution in [1.82, 2.24) is 4.90 Å². The van der Waals surface area contributed by atoms with Gasteiger partial charge in [-0.25, -0.2) is 4.39 Å². The van der Waals surface area contributed by atoms with Gasteiger partial charge < -0.3 is 19.9 Å². The lowest BCUT2D eigenvalue weighted by molar-refractivity contribution is -0.114. The van der Waals surface area contributed by atoms with Crippen molar-refractivity contribution in [2.45, 2.75) is 19.8 Å². The molecular formula is C30H33ClFN3O4. The van der Waals surface area contributed by atoms with Crippen LogP contribution in [0.5, 0.6) is 5.75 Å². The number of Topliss-reactive ketones (excluding diaryl/α,β-unsaturated/α-hetero) is 1. The van der Waals surface area contributed by atoms with E-state index in [4.69, 9.17) is 4.74 Å². The Balaban J connectivity index is 0.00000420. The molecule has 7 nitrogen and oxygen atoms in total. The van der Waals surface area contributed by atoms with Crippen LogP contribution in [0.25, 0.3) is 0 Å². The lowest BCUT2D eigenvalue weighted by atomic mass is 9.89. The van der Waals surface area contributed by atoms with Crippen molar-refractivity contribution in [2.24, 2.45) is 5.92 Å². The molecule has 2 amide bonds. The number of ketones is 1. The van der Waals surface area contributed by atoms with Gasteiger partial charge in [-0.15, -0.1) is 12.4 Å². The summed E-state index contributed by atoms with van der Waals surface area (Å²) in [6, 6.07) is 19.9. The van der Waals surface area contributed by atoms with Crippen molar-refractivity contribution in [3.05, 3.63) is 89.7 Å². The lowest BCUT2D eigenvalue weighted by Gasteiger charge is -2.33. The normalized spacial score (nSPS) is 13.7. The molecule has 1 N–H and O–H groups in total. The fourth-order valence-electron chi connectivity index (χ4n) is 4.69. The van der Waals surface area contributed by atoms with E-state index in [0.29, 0.717) is 48.5 Å². The number of nitrogens with one attached hydrogen (secondary N) is 1. The average molecular weight is 554 g/mol. The largest absolute Gasteiger partial charge is 0.497 e.